The summed E-state index contributed by atoms with van der Waals surface area (Å²) < 4.78 is 27.2. The minimum atomic E-state index is -3.37. The molecule has 2 aliphatic rings. The highest BCUT2D eigenvalue weighted by molar-refractivity contribution is 7.86. The van der Waals surface area contributed by atoms with Crippen molar-refractivity contribution in [1.29, 1.82) is 0 Å². The Hall–Kier alpha value is -1.48. The fourth-order valence-corrected chi connectivity index (χ4v) is 4.78. The van der Waals surface area contributed by atoms with Crippen LogP contribution in [0.2, 0.25) is 0 Å². The van der Waals surface area contributed by atoms with Crippen LogP contribution in [-0.2, 0) is 21.5 Å². The van der Waals surface area contributed by atoms with Gasteiger partial charge >= 0.3 is 0 Å². The number of carbonyl (C=O) groups excluding carboxylic acids is 1. The van der Waals surface area contributed by atoms with Crippen LogP contribution in [0.25, 0.3) is 0 Å². The first-order valence-electron chi connectivity index (χ1n) is 9.14. The molecule has 0 aromatic heterocycles. The second-order valence-electron chi connectivity index (χ2n) is 7.13. The van der Waals surface area contributed by atoms with Gasteiger partial charge in [0.1, 0.15) is 0 Å². The summed E-state index contributed by atoms with van der Waals surface area (Å²) in [6.45, 7) is 3.50. The van der Waals surface area contributed by atoms with Crippen molar-refractivity contribution in [3.63, 3.8) is 0 Å². The first-order chi connectivity index (χ1) is 12.4. The Kier molecular flexibility index (Phi) is 5.96. The molecule has 0 saturated carbocycles. The summed E-state index contributed by atoms with van der Waals surface area (Å²) in [7, 11) is -0.276. The Morgan fingerprint density at radius 1 is 1.04 bits per heavy atom. The van der Waals surface area contributed by atoms with Gasteiger partial charge in [-0.15, -0.1) is 0 Å². The van der Waals surface area contributed by atoms with Crippen molar-refractivity contribution < 1.29 is 13.2 Å². The van der Waals surface area contributed by atoms with Crippen molar-refractivity contribution in [2.24, 2.45) is 0 Å². The molecule has 144 valence electrons. The second-order valence-corrected chi connectivity index (χ2v) is 9.27. The molecule has 0 spiro atoms. The number of hydrogen-bond acceptors (Lipinski definition) is 4. The van der Waals surface area contributed by atoms with E-state index in [4.69, 9.17) is 0 Å². The van der Waals surface area contributed by atoms with Crippen LogP contribution >= 0.6 is 0 Å². The topological polar surface area (TPSA) is 64.2 Å². The lowest BCUT2D eigenvalue weighted by molar-refractivity contribution is -0.141. The number of piperidine rings is 1. The third kappa shape index (κ3) is 4.09. The Bertz CT molecular complexity index is 715. The minimum Gasteiger partial charge on any atom is -0.337 e. The van der Waals surface area contributed by atoms with E-state index in [-0.39, 0.29) is 11.9 Å². The number of likely N-dealkylation sites (tertiary alicyclic amines) is 1. The highest BCUT2D eigenvalue weighted by atomic mass is 32.2. The predicted octanol–water partition coefficient (Wildman–Crippen LogP) is 0.602. The molecule has 1 aromatic carbocycles. The van der Waals surface area contributed by atoms with E-state index in [1.165, 1.54) is 8.61 Å². The minimum absolute atomic E-state index is 0.128. The number of amides is 1. The van der Waals surface area contributed by atoms with Gasteiger partial charge in [0.05, 0.1) is 6.04 Å². The zero-order chi connectivity index (χ0) is 18.7. The fourth-order valence-electron chi connectivity index (χ4n) is 3.70. The van der Waals surface area contributed by atoms with Crippen LogP contribution in [0.5, 0.6) is 0 Å². The van der Waals surface area contributed by atoms with Gasteiger partial charge in [0.25, 0.3) is 10.2 Å². The molecule has 1 amide bonds. The van der Waals surface area contributed by atoms with Crippen molar-refractivity contribution in [2.45, 2.75) is 25.4 Å². The standard InChI is InChI=1S/C18H28N4O3S/c1-19(2)26(24,25)22-13-11-20(12-14-22)17-9-6-10-21(18(17)23)15-16-7-4-3-5-8-16/h3-5,7-8,17H,6,9-15H2,1-2H3/t17-/m1/s1. The van der Waals surface area contributed by atoms with Gasteiger partial charge in [-0.05, 0) is 18.4 Å². The van der Waals surface area contributed by atoms with Crippen molar-refractivity contribution in [3.8, 4) is 0 Å². The molecule has 2 aliphatic heterocycles. The molecule has 3 rings (SSSR count). The van der Waals surface area contributed by atoms with Gasteiger partial charge in [-0.25, -0.2) is 0 Å². The van der Waals surface area contributed by atoms with Gasteiger partial charge in [-0.1, -0.05) is 30.3 Å². The second kappa shape index (κ2) is 8.04. The van der Waals surface area contributed by atoms with Gasteiger partial charge in [0.2, 0.25) is 5.91 Å². The highest BCUT2D eigenvalue weighted by Gasteiger charge is 2.37. The van der Waals surface area contributed by atoms with E-state index in [0.717, 1.165) is 24.9 Å². The first kappa shape index (κ1) is 19.3. The highest BCUT2D eigenvalue weighted by Crippen LogP contribution is 2.21. The van der Waals surface area contributed by atoms with E-state index in [1.807, 2.05) is 35.2 Å². The molecule has 26 heavy (non-hydrogen) atoms. The summed E-state index contributed by atoms with van der Waals surface area (Å²) in [4.78, 5) is 17.1. The van der Waals surface area contributed by atoms with Crippen LogP contribution in [0, 0.1) is 0 Å². The van der Waals surface area contributed by atoms with E-state index in [2.05, 4.69) is 4.90 Å². The molecule has 8 heteroatoms. The maximum Gasteiger partial charge on any atom is 0.281 e. The number of nitrogens with zero attached hydrogens (tertiary/aromatic N) is 4. The van der Waals surface area contributed by atoms with E-state index < -0.39 is 10.2 Å². The normalized spacial score (nSPS) is 23.6. The van der Waals surface area contributed by atoms with E-state index in [0.29, 0.717) is 32.7 Å². The van der Waals surface area contributed by atoms with Gasteiger partial charge in [0.15, 0.2) is 0 Å². The van der Waals surface area contributed by atoms with E-state index in [1.54, 1.807) is 14.1 Å². The van der Waals surface area contributed by atoms with Crippen LogP contribution in [0.3, 0.4) is 0 Å². The molecule has 0 N–H and O–H groups in total. The van der Waals surface area contributed by atoms with Crippen LogP contribution < -0.4 is 0 Å². The molecule has 0 aliphatic carbocycles. The maximum absolute atomic E-state index is 13.0. The lowest BCUT2D eigenvalue weighted by atomic mass is 10.0. The quantitative estimate of drug-likeness (QED) is 0.751. The average molecular weight is 381 g/mol. The molecule has 2 saturated heterocycles. The fraction of sp³-hybridized carbons (Fsp3) is 0.611. The Balaban J connectivity index is 1.60. The summed E-state index contributed by atoms with van der Waals surface area (Å²) in [5.41, 5.74) is 1.14. The first-order valence-corrected chi connectivity index (χ1v) is 10.5. The summed E-state index contributed by atoms with van der Waals surface area (Å²) in [5.74, 6) is 0.170. The molecule has 7 nitrogen and oxygen atoms in total. The maximum atomic E-state index is 13.0. The number of carbonyl (C=O) groups is 1. The largest absolute Gasteiger partial charge is 0.337 e. The molecule has 0 unspecified atom stereocenters. The lowest BCUT2D eigenvalue weighted by Gasteiger charge is -2.42. The number of piperazine rings is 1. The number of hydrogen-bond donors (Lipinski definition) is 0. The summed E-state index contributed by atoms with van der Waals surface area (Å²) in [6.07, 6.45) is 1.84. The monoisotopic (exact) mass is 380 g/mol. The van der Waals surface area contributed by atoms with Crippen LogP contribution in [0.1, 0.15) is 18.4 Å². The predicted molar refractivity (Wildman–Crippen MR) is 101 cm³/mol. The Morgan fingerprint density at radius 3 is 2.31 bits per heavy atom. The SMILES string of the molecule is CN(C)S(=O)(=O)N1CCN([C@@H]2CCCN(Cc3ccccc3)C2=O)CC1. The van der Waals surface area contributed by atoms with Crippen molar-refractivity contribution in [3.05, 3.63) is 35.9 Å². The third-order valence-corrected chi connectivity index (χ3v) is 7.16. The molecule has 1 atom stereocenters. The van der Waals surface area contributed by atoms with Crippen molar-refractivity contribution in [1.82, 2.24) is 18.4 Å². The molecule has 2 heterocycles. The van der Waals surface area contributed by atoms with Crippen molar-refractivity contribution in [2.75, 3.05) is 46.8 Å². The summed E-state index contributed by atoms with van der Waals surface area (Å²) in [5, 5.41) is 0. The molecular weight excluding hydrogens is 352 g/mol. The lowest BCUT2D eigenvalue weighted by Crippen LogP contribution is -2.59. The Morgan fingerprint density at radius 2 is 1.69 bits per heavy atom. The van der Waals surface area contributed by atoms with E-state index >= 15 is 0 Å². The third-order valence-electron chi connectivity index (χ3n) is 5.22. The van der Waals surface area contributed by atoms with Gasteiger partial charge in [-0.2, -0.15) is 17.0 Å². The smallest absolute Gasteiger partial charge is 0.281 e. The molecule has 1 aromatic rings. The van der Waals surface area contributed by atoms with E-state index in [9.17, 15) is 13.2 Å². The van der Waals surface area contributed by atoms with Crippen LogP contribution in [0.15, 0.2) is 30.3 Å². The molecular formula is C18H28N4O3S. The number of rotatable bonds is 5. The van der Waals surface area contributed by atoms with Crippen molar-refractivity contribution >= 4 is 16.1 Å². The average Bonchev–Trinajstić information content (AvgIpc) is 2.64. The molecule has 0 bridgehead atoms. The molecule has 0 radical (unpaired) electrons. The number of benzene rings is 1. The van der Waals surface area contributed by atoms with Gasteiger partial charge in [0, 0.05) is 53.4 Å². The zero-order valence-corrected chi connectivity index (χ0v) is 16.4. The summed E-state index contributed by atoms with van der Waals surface area (Å²) in [6, 6.07) is 9.92. The van der Waals surface area contributed by atoms with Crippen LogP contribution in [-0.4, -0.2) is 85.6 Å². The summed E-state index contributed by atoms with van der Waals surface area (Å²) >= 11 is 0. The van der Waals surface area contributed by atoms with Gasteiger partial charge in [-0.3, -0.25) is 9.69 Å². The Labute approximate surface area is 156 Å². The van der Waals surface area contributed by atoms with Gasteiger partial charge < -0.3 is 4.90 Å². The van der Waals surface area contributed by atoms with Crippen LogP contribution in [0.4, 0.5) is 0 Å². The zero-order valence-electron chi connectivity index (χ0n) is 15.5. The molecule has 2 fully saturated rings.